The van der Waals surface area contributed by atoms with Gasteiger partial charge in [-0.1, -0.05) is 36.4 Å². The number of ether oxygens (including phenoxy) is 1. The monoisotopic (exact) mass is 351 g/mol. The lowest BCUT2D eigenvalue weighted by Crippen LogP contribution is -2.19. The van der Waals surface area contributed by atoms with E-state index in [1.54, 1.807) is 35.9 Å². The molecule has 0 aliphatic heterocycles. The van der Waals surface area contributed by atoms with E-state index < -0.39 is 12.2 Å². The molecule has 3 rings (SSSR count). The van der Waals surface area contributed by atoms with Crippen LogP contribution in [0.5, 0.6) is 5.75 Å². The molecular formula is C20H21N3O3. The van der Waals surface area contributed by atoms with Gasteiger partial charge in [-0.3, -0.25) is 5.32 Å². The van der Waals surface area contributed by atoms with Gasteiger partial charge in [0.2, 0.25) is 0 Å². The van der Waals surface area contributed by atoms with Crippen LogP contribution < -0.4 is 10.1 Å². The lowest BCUT2D eigenvalue weighted by molar-refractivity contribution is 0.194. The average Bonchev–Trinajstić information content (AvgIpc) is 2.92. The van der Waals surface area contributed by atoms with E-state index in [0.29, 0.717) is 18.0 Å². The first kappa shape index (κ1) is 17.7. The fourth-order valence-electron chi connectivity index (χ4n) is 2.64. The van der Waals surface area contributed by atoms with Crippen molar-refractivity contribution < 1.29 is 14.6 Å². The Morgan fingerprint density at radius 3 is 2.38 bits per heavy atom. The van der Waals surface area contributed by atoms with Crippen LogP contribution in [0, 0.1) is 6.92 Å². The molecule has 0 radical (unpaired) electrons. The fourth-order valence-corrected chi connectivity index (χ4v) is 2.64. The van der Waals surface area contributed by atoms with Gasteiger partial charge in [0, 0.05) is 12.0 Å². The Hall–Kier alpha value is -3.12. The molecule has 0 aliphatic rings. The van der Waals surface area contributed by atoms with Crippen LogP contribution in [0.25, 0.3) is 5.69 Å². The first-order valence-corrected chi connectivity index (χ1v) is 8.40. The minimum absolute atomic E-state index is 0.397. The number of rotatable bonds is 5. The maximum absolute atomic E-state index is 12.3. The van der Waals surface area contributed by atoms with Crippen molar-refractivity contribution in [2.75, 3.05) is 5.32 Å². The Balaban J connectivity index is 1.91. The summed E-state index contributed by atoms with van der Waals surface area (Å²) in [5.74, 6) is 0.977. The molecule has 1 atom stereocenters. The van der Waals surface area contributed by atoms with Gasteiger partial charge in [-0.05, 0) is 38.1 Å². The van der Waals surface area contributed by atoms with Crippen LogP contribution in [0.1, 0.15) is 18.2 Å². The van der Waals surface area contributed by atoms with Crippen molar-refractivity contribution in [2.24, 2.45) is 0 Å². The number of carbonyl (C=O) groups excluding carboxylic acids is 1. The molecule has 6 heteroatoms. The van der Waals surface area contributed by atoms with Crippen molar-refractivity contribution in [3.63, 3.8) is 0 Å². The number of para-hydroxylation sites is 2. The number of nitrogens with zero attached hydrogens (tertiary/aromatic N) is 2. The topological polar surface area (TPSA) is 76.4 Å². The summed E-state index contributed by atoms with van der Waals surface area (Å²) in [5.41, 5.74) is 2.32. The lowest BCUT2D eigenvalue weighted by atomic mass is 10.1. The summed E-state index contributed by atoms with van der Waals surface area (Å²) in [6.45, 7) is 3.57. The van der Waals surface area contributed by atoms with E-state index in [2.05, 4.69) is 10.4 Å². The molecule has 0 fully saturated rings. The first-order valence-electron chi connectivity index (χ1n) is 8.40. The number of aliphatic hydroxyl groups excluding tert-OH is 1. The molecule has 3 aromatic rings. The molecule has 0 saturated carbocycles. The number of aromatic nitrogens is 2. The Morgan fingerprint density at radius 2 is 1.77 bits per heavy atom. The van der Waals surface area contributed by atoms with Crippen LogP contribution in [0.15, 0.2) is 60.7 Å². The summed E-state index contributed by atoms with van der Waals surface area (Å²) in [5, 5.41) is 17.1. The van der Waals surface area contributed by atoms with Crippen molar-refractivity contribution in [2.45, 2.75) is 26.4 Å². The third kappa shape index (κ3) is 4.10. The van der Waals surface area contributed by atoms with Crippen molar-refractivity contribution in [1.29, 1.82) is 0 Å². The molecule has 0 unspecified atom stereocenters. The zero-order valence-electron chi connectivity index (χ0n) is 14.7. The number of anilines is 1. The molecule has 6 nitrogen and oxygen atoms in total. The van der Waals surface area contributed by atoms with E-state index in [9.17, 15) is 9.90 Å². The minimum atomic E-state index is -0.597. The highest BCUT2D eigenvalue weighted by atomic mass is 16.6. The zero-order chi connectivity index (χ0) is 18.5. The minimum Gasteiger partial charge on any atom is -0.410 e. The van der Waals surface area contributed by atoms with Gasteiger partial charge < -0.3 is 9.84 Å². The number of benzene rings is 2. The molecule has 0 spiro atoms. The predicted molar refractivity (Wildman–Crippen MR) is 99.8 cm³/mol. The highest BCUT2D eigenvalue weighted by molar-refractivity contribution is 5.86. The van der Waals surface area contributed by atoms with Crippen molar-refractivity contribution >= 4 is 11.9 Å². The van der Waals surface area contributed by atoms with Crippen LogP contribution in [-0.4, -0.2) is 27.1 Å². The summed E-state index contributed by atoms with van der Waals surface area (Å²) >= 11 is 0. The summed E-state index contributed by atoms with van der Waals surface area (Å²) in [6, 6.07) is 18.3. The van der Waals surface area contributed by atoms with E-state index in [1.807, 2.05) is 43.3 Å². The molecule has 0 saturated heterocycles. The van der Waals surface area contributed by atoms with Gasteiger partial charge in [-0.2, -0.15) is 5.10 Å². The number of nitrogens with one attached hydrogen (secondary N) is 1. The second-order valence-electron chi connectivity index (χ2n) is 6.05. The smallest absolute Gasteiger partial charge is 0.410 e. The quantitative estimate of drug-likeness (QED) is 0.735. The molecule has 134 valence electrons. The fraction of sp³-hybridized carbons (Fsp3) is 0.200. The van der Waals surface area contributed by atoms with Crippen LogP contribution in [0.4, 0.5) is 10.6 Å². The van der Waals surface area contributed by atoms with Gasteiger partial charge in [0.15, 0.2) is 0 Å². The zero-order valence-corrected chi connectivity index (χ0v) is 14.7. The van der Waals surface area contributed by atoms with E-state index in [4.69, 9.17) is 4.74 Å². The number of hydrogen-bond donors (Lipinski definition) is 2. The standard InChI is InChI=1S/C20H21N3O3/c1-14(24)13-18-15(2)19(23(22-18)16-9-5-3-6-10-16)21-20(25)26-17-11-7-4-8-12-17/h3-12,14,24H,13H2,1-2H3,(H,21,25)/t14-/m0/s1. The Labute approximate surface area is 152 Å². The number of carbonyl (C=O) groups is 1. The van der Waals surface area contributed by atoms with Gasteiger partial charge in [0.25, 0.3) is 0 Å². The number of amides is 1. The Bertz CT molecular complexity index is 874. The molecular weight excluding hydrogens is 330 g/mol. The normalized spacial score (nSPS) is 11.8. The van der Waals surface area contributed by atoms with Crippen LogP contribution in [0.2, 0.25) is 0 Å². The average molecular weight is 351 g/mol. The summed E-state index contributed by atoms with van der Waals surface area (Å²) in [4.78, 5) is 12.3. The largest absolute Gasteiger partial charge is 0.418 e. The Kier molecular flexibility index (Phi) is 5.34. The molecule has 1 heterocycles. The molecule has 0 aliphatic carbocycles. The maximum atomic E-state index is 12.3. The molecule has 26 heavy (non-hydrogen) atoms. The van der Waals surface area contributed by atoms with Gasteiger partial charge in [-0.25, -0.2) is 9.48 Å². The summed E-state index contributed by atoms with van der Waals surface area (Å²) in [7, 11) is 0. The second-order valence-corrected chi connectivity index (χ2v) is 6.05. The van der Waals surface area contributed by atoms with Crippen LogP contribution in [-0.2, 0) is 6.42 Å². The van der Waals surface area contributed by atoms with Gasteiger partial charge in [-0.15, -0.1) is 0 Å². The number of hydrogen-bond acceptors (Lipinski definition) is 4. The first-order chi connectivity index (χ1) is 12.5. The molecule has 2 aromatic carbocycles. The maximum Gasteiger partial charge on any atom is 0.418 e. The van der Waals surface area contributed by atoms with Gasteiger partial charge in [0.05, 0.1) is 17.5 Å². The van der Waals surface area contributed by atoms with Crippen LogP contribution in [0.3, 0.4) is 0 Å². The van der Waals surface area contributed by atoms with E-state index >= 15 is 0 Å². The SMILES string of the molecule is Cc1c(C[C@H](C)O)nn(-c2ccccc2)c1NC(=O)Oc1ccccc1. The van der Waals surface area contributed by atoms with E-state index in [1.165, 1.54) is 0 Å². The molecule has 0 bridgehead atoms. The third-order valence-corrected chi connectivity index (χ3v) is 3.88. The number of aliphatic hydroxyl groups is 1. The highest BCUT2D eigenvalue weighted by Gasteiger charge is 2.19. The van der Waals surface area contributed by atoms with E-state index in [0.717, 1.165) is 16.9 Å². The highest BCUT2D eigenvalue weighted by Crippen LogP contribution is 2.24. The Morgan fingerprint density at radius 1 is 1.15 bits per heavy atom. The third-order valence-electron chi connectivity index (χ3n) is 3.88. The van der Waals surface area contributed by atoms with E-state index in [-0.39, 0.29) is 0 Å². The van der Waals surface area contributed by atoms with Gasteiger partial charge >= 0.3 is 6.09 Å². The molecule has 2 N–H and O–H groups in total. The van der Waals surface area contributed by atoms with Gasteiger partial charge in [0.1, 0.15) is 11.6 Å². The van der Waals surface area contributed by atoms with Crippen molar-refractivity contribution in [3.8, 4) is 11.4 Å². The van der Waals surface area contributed by atoms with Crippen molar-refractivity contribution in [1.82, 2.24) is 9.78 Å². The second kappa shape index (κ2) is 7.84. The molecule has 1 amide bonds. The summed E-state index contributed by atoms with van der Waals surface area (Å²) < 4.78 is 6.97. The lowest BCUT2D eigenvalue weighted by Gasteiger charge is -2.10. The van der Waals surface area contributed by atoms with Crippen molar-refractivity contribution in [3.05, 3.63) is 71.9 Å². The predicted octanol–water partition coefficient (Wildman–Crippen LogP) is 3.71. The van der Waals surface area contributed by atoms with Crippen LogP contribution >= 0.6 is 0 Å². The molecule has 1 aromatic heterocycles. The summed E-state index contributed by atoms with van der Waals surface area (Å²) in [6.07, 6.45) is -0.731.